The van der Waals surface area contributed by atoms with Gasteiger partial charge in [0.15, 0.2) is 20.9 Å². The van der Waals surface area contributed by atoms with Crippen LogP contribution in [0.2, 0.25) is 0 Å². The number of halogens is 3. The second-order valence-corrected chi connectivity index (χ2v) is 12.3. The normalized spacial score (nSPS) is 20.5. The van der Waals surface area contributed by atoms with Crippen molar-refractivity contribution in [1.29, 1.82) is 0 Å². The maximum atomic E-state index is 14.0. The van der Waals surface area contributed by atoms with Gasteiger partial charge in [-0.3, -0.25) is 4.79 Å². The van der Waals surface area contributed by atoms with Gasteiger partial charge in [0.2, 0.25) is 0 Å². The molecule has 1 unspecified atom stereocenters. The maximum Gasteiger partial charge on any atom is 0.416 e. The molecule has 2 aliphatic heterocycles. The number of benzene rings is 2. The van der Waals surface area contributed by atoms with Gasteiger partial charge in [-0.15, -0.1) is 0 Å². The molecule has 0 spiro atoms. The van der Waals surface area contributed by atoms with Crippen LogP contribution in [0, 0.1) is 0 Å². The van der Waals surface area contributed by atoms with Gasteiger partial charge in [-0.1, -0.05) is 0 Å². The highest BCUT2D eigenvalue weighted by molar-refractivity contribution is 7.93. The topological polar surface area (TPSA) is 94.2 Å². The van der Waals surface area contributed by atoms with E-state index >= 15 is 0 Å². The summed E-state index contributed by atoms with van der Waals surface area (Å²) in [5.41, 5.74) is 1.57. The van der Waals surface area contributed by atoms with Crippen molar-refractivity contribution in [2.24, 2.45) is 0 Å². The molecule has 2 fully saturated rings. The average molecular weight is 571 g/mol. The third-order valence-electron chi connectivity index (χ3n) is 7.24. The standard InChI is InChI=1S/C27H33F3N2O6S/c1-19(2)32-16-14-26(15-17-32,25(33)31-38-24-5-3-4-18-36-24)39(34,35)23-12-10-22(11-13-23)37-21-8-6-20(7-9-21)27(28,29)30/h6-13,19,24H,3-5,14-18H2,1-2H3,(H,31,33). The van der Waals surface area contributed by atoms with Gasteiger partial charge in [0.1, 0.15) is 11.5 Å². The van der Waals surface area contributed by atoms with Gasteiger partial charge < -0.3 is 14.4 Å². The van der Waals surface area contributed by atoms with Crippen LogP contribution in [0.5, 0.6) is 11.5 Å². The number of carbonyl (C=O) groups excluding carboxylic acids is 1. The Morgan fingerprint density at radius 2 is 1.62 bits per heavy atom. The Hall–Kier alpha value is -2.67. The van der Waals surface area contributed by atoms with Crippen molar-refractivity contribution in [3.8, 4) is 11.5 Å². The molecule has 1 atom stereocenters. The van der Waals surface area contributed by atoms with Crippen LogP contribution in [0.3, 0.4) is 0 Å². The Bertz CT molecular complexity index is 1220. The number of ether oxygens (including phenoxy) is 2. The van der Waals surface area contributed by atoms with Gasteiger partial charge in [0.25, 0.3) is 5.91 Å². The van der Waals surface area contributed by atoms with Crippen LogP contribution in [-0.2, 0) is 30.4 Å². The Kier molecular flexibility index (Phi) is 8.89. The van der Waals surface area contributed by atoms with E-state index in [4.69, 9.17) is 14.3 Å². The minimum atomic E-state index is -4.46. The third kappa shape index (κ3) is 6.56. The van der Waals surface area contributed by atoms with Crippen molar-refractivity contribution in [2.45, 2.75) is 74.1 Å². The van der Waals surface area contributed by atoms with Crippen molar-refractivity contribution in [2.75, 3.05) is 19.7 Å². The molecule has 0 radical (unpaired) electrons. The predicted molar refractivity (Wildman–Crippen MR) is 137 cm³/mol. The SMILES string of the molecule is CC(C)N1CCC(C(=O)NOC2CCCCO2)(S(=O)(=O)c2ccc(Oc3ccc(C(F)(F)F)cc3)cc2)CC1. The first-order valence-corrected chi connectivity index (χ1v) is 14.4. The van der Waals surface area contributed by atoms with Crippen LogP contribution in [0.15, 0.2) is 53.4 Å². The van der Waals surface area contributed by atoms with Crippen molar-refractivity contribution in [1.82, 2.24) is 10.4 Å². The van der Waals surface area contributed by atoms with E-state index in [1.165, 1.54) is 36.4 Å². The highest BCUT2D eigenvalue weighted by Crippen LogP contribution is 2.38. The van der Waals surface area contributed by atoms with Crippen molar-refractivity contribution in [3.05, 3.63) is 54.1 Å². The molecule has 1 N–H and O–H groups in total. The summed E-state index contributed by atoms with van der Waals surface area (Å²) in [6.07, 6.45) is -2.54. The van der Waals surface area contributed by atoms with E-state index in [2.05, 4.69) is 10.4 Å². The number of carbonyl (C=O) groups is 1. The molecule has 0 bridgehead atoms. The zero-order chi connectivity index (χ0) is 28.3. The first kappa shape index (κ1) is 29.3. The quantitative estimate of drug-likeness (QED) is 0.442. The highest BCUT2D eigenvalue weighted by atomic mass is 32.2. The number of hydrogen-bond acceptors (Lipinski definition) is 7. The maximum absolute atomic E-state index is 14.0. The van der Waals surface area contributed by atoms with Gasteiger partial charge in [-0.25, -0.2) is 18.7 Å². The van der Waals surface area contributed by atoms with E-state index in [-0.39, 0.29) is 35.3 Å². The molecule has 2 heterocycles. The molecule has 39 heavy (non-hydrogen) atoms. The van der Waals surface area contributed by atoms with Crippen molar-refractivity contribution < 1.29 is 40.7 Å². The van der Waals surface area contributed by atoms with Gasteiger partial charge in [-0.2, -0.15) is 13.2 Å². The highest BCUT2D eigenvalue weighted by Gasteiger charge is 2.53. The zero-order valence-corrected chi connectivity index (χ0v) is 22.7. The fourth-order valence-corrected chi connectivity index (χ4v) is 6.75. The Labute approximate surface area is 226 Å². The number of likely N-dealkylation sites (tertiary alicyclic amines) is 1. The molecule has 0 saturated carbocycles. The minimum Gasteiger partial charge on any atom is -0.457 e. The molecule has 8 nitrogen and oxygen atoms in total. The van der Waals surface area contributed by atoms with Crippen LogP contribution in [0.25, 0.3) is 0 Å². The molecule has 2 aromatic carbocycles. The van der Waals surface area contributed by atoms with Crippen LogP contribution < -0.4 is 10.2 Å². The predicted octanol–water partition coefficient (Wildman–Crippen LogP) is 5.09. The van der Waals surface area contributed by atoms with E-state index in [1.54, 1.807) is 0 Å². The molecule has 1 amide bonds. The Morgan fingerprint density at radius 3 is 2.13 bits per heavy atom. The number of alkyl halides is 3. The molecule has 0 aliphatic carbocycles. The monoisotopic (exact) mass is 570 g/mol. The van der Waals surface area contributed by atoms with Gasteiger partial charge >= 0.3 is 6.18 Å². The summed E-state index contributed by atoms with van der Waals surface area (Å²) in [4.78, 5) is 21.0. The van der Waals surface area contributed by atoms with E-state index in [0.29, 0.717) is 26.1 Å². The molecule has 2 aromatic rings. The number of nitrogens with one attached hydrogen (secondary N) is 1. The minimum absolute atomic E-state index is 0.0654. The van der Waals surface area contributed by atoms with Crippen molar-refractivity contribution in [3.63, 3.8) is 0 Å². The smallest absolute Gasteiger partial charge is 0.416 e. The number of hydroxylamine groups is 1. The summed E-state index contributed by atoms with van der Waals surface area (Å²) >= 11 is 0. The van der Waals surface area contributed by atoms with E-state index in [1.807, 2.05) is 13.8 Å². The van der Waals surface area contributed by atoms with Gasteiger partial charge in [-0.05, 0) is 88.1 Å². The number of piperidine rings is 1. The summed E-state index contributed by atoms with van der Waals surface area (Å²) in [5, 5.41) is 0. The van der Waals surface area contributed by atoms with Crippen LogP contribution in [0.4, 0.5) is 13.2 Å². The largest absolute Gasteiger partial charge is 0.457 e. The summed E-state index contributed by atoms with van der Waals surface area (Å²) < 4.78 is 75.7. The molecular weight excluding hydrogens is 537 g/mol. The number of hydrogen-bond donors (Lipinski definition) is 1. The van der Waals surface area contributed by atoms with E-state index in [0.717, 1.165) is 25.0 Å². The number of amides is 1. The Morgan fingerprint density at radius 1 is 1.03 bits per heavy atom. The van der Waals surface area contributed by atoms with E-state index in [9.17, 15) is 26.4 Å². The zero-order valence-electron chi connectivity index (χ0n) is 21.9. The molecular formula is C27H33F3N2O6S. The second-order valence-electron chi connectivity index (χ2n) is 10.1. The van der Waals surface area contributed by atoms with Crippen molar-refractivity contribution >= 4 is 15.7 Å². The van der Waals surface area contributed by atoms with E-state index < -0.39 is 38.5 Å². The lowest BCUT2D eigenvalue weighted by Crippen LogP contribution is -2.59. The number of nitrogens with zero attached hydrogens (tertiary/aromatic N) is 1. The second kappa shape index (κ2) is 11.8. The first-order chi connectivity index (χ1) is 18.4. The van der Waals surface area contributed by atoms with Crippen LogP contribution >= 0.6 is 0 Å². The number of sulfone groups is 1. The lowest BCUT2D eigenvalue weighted by molar-refractivity contribution is -0.202. The van der Waals surface area contributed by atoms with Crippen LogP contribution in [-0.4, -0.2) is 56.0 Å². The number of rotatable bonds is 8. The first-order valence-electron chi connectivity index (χ1n) is 12.9. The summed E-state index contributed by atoms with van der Waals surface area (Å²) in [7, 11) is -4.18. The molecule has 214 valence electrons. The molecule has 0 aromatic heterocycles. The molecule has 12 heteroatoms. The molecule has 2 saturated heterocycles. The fraction of sp³-hybridized carbons (Fsp3) is 0.519. The molecule has 4 rings (SSSR count). The fourth-order valence-electron chi connectivity index (χ4n) is 4.80. The van der Waals surface area contributed by atoms with Gasteiger partial charge in [0.05, 0.1) is 10.5 Å². The van der Waals surface area contributed by atoms with Crippen LogP contribution in [0.1, 0.15) is 51.5 Å². The lowest BCUT2D eigenvalue weighted by Gasteiger charge is -2.41. The lowest BCUT2D eigenvalue weighted by atomic mass is 9.94. The summed E-state index contributed by atoms with van der Waals surface area (Å²) in [6.45, 7) is 5.37. The summed E-state index contributed by atoms with van der Waals surface area (Å²) in [6, 6.07) is 9.87. The molecule has 2 aliphatic rings. The van der Waals surface area contributed by atoms with Gasteiger partial charge in [0, 0.05) is 32.2 Å². The Balaban J connectivity index is 1.53. The average Bonchev–Trinajstić information content (AvgIpc) is 2.92. The third-order valence-corrected chi connectivity index (χ3v) is 9.75. The summed E-state index contributed by atoms with van der Waals surface area (Å²) in [5.74, 6) is -0.331.